The van der Waals surface area contributed by atoms with Crippen LogP contribution in [0.15, 0.2) is 46.0 Å². The summed E-state index contributed by atoms with van der Waals surface area (Å²) < 4.78 is 27.0. The van der Waals surface area contributed by atoms with Gasteiger partial charge in [-0.05, 0) is 47.4 Å². The molecule has 1 aromatic carbocycles. The van der Waals surface area contributed by atoms with E-state index in [1.807, 2.05) is 16.8 Å². The minimum atomic E-state index is -3.66. The van der Waals surface area contributed by atoms with Crippen molar-refractivity contribution < 1.29 is 13.5 Å². The first-order valence-corrected chi connectivity index (χ1v) is 8.78. The molecule has 6 heteroatoms. The van der Waals surface area contributed by atoms with Crippen LogP contribution in [-0.4, -0.2) is 23.9 Å². The maximum Gasteiger partial charge on any atom is 0.247 e. The second kappa shape index (κ2) is 5.20. The molecule has 0 aliphatic heterocycles. The third-order valence-electron chi connectivity index (χ3n) is 3.32. The average Bonchev–Trinajstić information content (AvgIpc) is 3.12. The van der Waals surface area contributed by atoms with Crippen molar-refractivity contribution in [1.29, 1.82) is 0 Å². The van der Waals surface area contributed by atoms with E-state index in [0.717, 1.165) is 18.4 Å². The van der Waals surface area contributed by atoms with Gasteiger partial charge < -0.3 is 5.11 Å². The average molecular weight is 309 g/mol. The van der Waals surface area contributed by atoms with Crippen LogP contribution < -0.4 is 0 Å². The molecule has 0 spiro atoms. The number of nitrogens with zero attached hydrogens (tertiary/aromatic N) is 1. The highest BCUT2D eigenvalue weighted by atomic mass is 32.2. The topological polar surface area (TPSA) is 57.6 Å². The van der Waals surface area contributed by atoms with Crippen LogP contribution in [0.2, 0.25) is 0 Å². The highest BCUT2D eigenvalue weighted by Crippen LogP contribution is 2.35. The van der Waals surface area contributed by atoms with Gasteiger partial charge >= 0.3 is 0 Å². The lowest BCUT2D eigenvalue weighted by molar-refractivity contribution is 0.393. The van der Waals surface area contributed by atoms with Crippen LogP contribution >= 0.6 is 11.3 Å². The van der Waals surface area contributed by atoms with Crippen LogP contribution in [-0.2, 0) is 16.6 Å². The summed E-state index contributed by atoms with van der Waals surface area (Å²) in [4.78, 5) is -0.0119. The minimum Gasteiger partial charge on any atom is -0.507 e. The fraction of sp³-hybridized carbons (Fsp3) is 0.286. The molecule has 1 aliphatic rings. The number of aromatic hydroxyl groups is 1. The standard InChI is InChI=1S/C14H15NO3S2/c16-13-3-1-2-4-14(13)20(17,18)15(12-5-6-12)9-11-7-8-19-10-11/h1-4,7-8,10,12,16H,5-6,9H2. The number of rotatable bonds is 5. The summed E-state index contributed by atoms with van der Waals surface area (Å²) in [7, 11) is -3.66. The van der Waals surface area contributed by atoms with E-state index in [1.165, 1.54) is 16.4 Å². The Morgan fingerprint density at radius 1 is 1.25 bits per heavy atom. The molecule has 20 heavy (non-hydrogen) atoms. The maximum absolute atomic E-state index is 12.7. The van der Waals surface area contributed by atoms with Gasteiger partial charge in [-0.2, -0.15) is 15.6 Å². The molecule has 0 amide bonds. The molecule has 0 atom stereocenters. The van der Waals surface area contributed by atoms with Crippen molar-refractivity contribution in [3.8, 4) is 5.75 Å². The monoisotopic (exact) mass is 309 g/mol. The Morgan fingerprint density at radius 3 is 2.60 bits per heavy atom. The lowest BCUT2D eigenvalue weighted by atomic mass is 10.3. The van der Waals surface area contributed by atoms with Crippen LogP contribution in [0.4, 0.5) is 0 Å². The second-order valence-corrected chi connectivity index (χ2v) is 7.52. The number of para-hydroxylation sites is 1. The Balaban J connectivity index is 1.96. The van der Waals surface area contributed by atoms with Gasteiger partial charge in [-0.3, -0.25) is 0 Å². The van der Waals surface area contributed by atoms with Crippen molar-refractivity contribution in [3.05, 3.63) is 46.7 Å². The van der Waals surface area contributed by atoms with Gasteiger partial charge in [-0.1, -0.05) is 12.1 Å². The number of benzene rings is 1. The zero-order valence-corrected chi connectivity index (χ0v) is 12.4. The Hall–Kier alpha value is -1.37. The lowest BCUT2D eigenvalue weighted by Crippen LogP contribution is -2.32. The van der Waals surface area contributed by atoms with E-state index >= 15 is 0 Å². The van der Waals surface area contributed by atoms with Crippen molar-refractivity contribution in [2.75, 3.05) is 0 Å². The summed E-state index contributed by atoms with van der Waals surface area (Å²) in [6.07, 6.45) is 1.77. The Labute approximate surface area is 122 Å². The molecule has 1 fully saturated rings. The molecule has 1 aliphatic carbocycles. The Morgan fingerprint density at radius 2 is 2.00 bits per heavy atom. The fourth-order valence-corrected chi connectivity index (χ4v) is 4.55. The quantitative estimate of drug-likeness (QED) is 0.924. The van der Waals surface area contributed by atoms with Crippen molar-refractivity contribution in [2.24, 2.45) is 0 Å². The Kier molecular flexibility index (Phi) is 3.54. The van der Waals surface area contributed by atoms with Crippen molar-refractivity contribution in [1.82, 2.24) is 4.31 Å². The van der Waals surface area contributed by atoms with E-state index in [2.05, 4.69) is 0 Å². The van der Waals surface area contributed by atoms with Crippen LogP contribution in [0.1, 0.15) is 18.4 Å². The largest absolute Gasteiger partial charge is 0.507 e. The summed E-state index contributed by atoms with van der Waals surface area (Å²) in [5.41, 5.74) is 0.987. The summed E-state index contributed by atoms with van der Waals surface area (Å²) in [6.45, 7) is 0.366. The third kappa shape index (κ3) is 2.59. The van der Waals surface area contributed by atoms with E-state index in [4.69, 9.17) is 0 Å². The number of sulfonamides is 1. The predicted octanol–water partition coefficient (Wildman–Crippen LogP) is 2.81. The smallest absolute Gasteiger partial charge is 0.247 e. The van der Waals surface area contributed by atoms with Gasteiger partial charge in [0.2, 0.25) is 10.0 Å². The van der Waals surface area contributed by atoms with Gasteiger partial charge in [0.25, 0.3) is 0 Å². The van der Waals surface area contributed by atoms with Gasteiger partial charge in [0.05, 0.1) is 0 Å². The van der Waals surface area contributed by atoms with Gasteiger partial charge in [0.15, 0.2) is 0 Å². The Bertz CT molecular complexity index is 691. The molecule has 0 unspecified atom stereocenters. The van der Waals surface area contributed by atoms with E-state index in [1.54, 1.807) is 23.5 Å². The van der Waals surface area contributed by atoms with Crippen molar-refractivity contribution in [3.63, 3.8) is 0 Å². The molecule has 0 radical (unpaired) electrons. The first-order valence-electron chi connectivity index (χ1n) is 6.40. The van der Waals surface area contributed by atoms with Crippen molar-refractivity contribution >= 4 is 21.4 Å². The molecule has 0 saturated heterocycles. The van der Waals surface area contributed by atoms with Crippen LogP contribution in [0.5, 0.6) is 5.75 Å². The SMILES string of the molecule is O=S(=O)(c1ccccc1O)N(Cc1ccsc1)C1CC1. The normalized spacial score (nSPS) is 15.7. The molecule has 1 aromatic heterocycles. The number of phenolic OH excluding ortho intramolecular Hbond substituents is 1. The molecular formula is C14H15NO3S2. The van der Waals surface area contributed by atoms with Gasteiger partial charge in [-0.25, -0.2) is 8.42 Å². The van der Waals surface area contributed by atoms with Gasteiger partial charge in [-0.15, -0.1) is 0 Å². The van der Waals surface area contributed by atoms with E-state index in [0.29, 0.717) is 6.54 Å². The first kappa shape index (κ1) is 13.6. The van der Waals surface area contributed by atoms with E-state index in [-0.39, 0.29) is 16.7 Å². The molecule has 2 aromatic rings. The summed E-state index contributed by atoms with van der Waals surface area (Å²) in [5.74, 6) is -0.191. The van der Waals surface area contributed by atoms with Crippen LogP contribution in [0, 0.1) is 0 Å². The maximum atomic E-state index is 12.7. The number of hydrogen-bond acceptors (Lipinski definition) is 4. The summed E-state index contributed by atoms with van der Waals surface area (Å²) in [6, 6.07) is 8.09. The number of thiophene rings is 1. The molecule has 1 heterocycles. The first-order chi connectivity index (χ1) is 9.59. The number of phenols is 1. The van der Waals surface area contributed by atoms with Gasteiger partial charge in [0, 0.05) is 12.6 Å². The molecule has 4 nitrogen and oxygen atoms in total. The zero-order valence-electron chi connectivity index (χ0n) is 10.8. The lowest BCUT2D eigenvalue weighted by Gasteiger charge is -2.21. The minimum absolute atomic E-state index is 0.0119. The van der Waals surface area contributed by atoms with Crippen molar-refractivity contribution in [2.45, 2.75) is 30.3 Å². The summed E-state index contributed by atoms with van der Waals surface area (Å²) in [5, 5.41) is 13.7. The van der Waals surface area contributed by atoms with Crippen LogP contribution in [0.25, 0.3) is 0 Å². The van der Waals surface area contributed by atoms with E-state index in [9.17, 15) is 13.5 Å². The molecular weight excluding hydrogens is 294 g/mol. The van der Waals surface area contributed by atoms with Gasteiger partial charge in [0.1, 0.15) is 10.6 Å². The fourth-order valence-electron chi connectivity index (χ4n) is 2.14. The predicted molar refractivity (Wildman–Crippen MR) is 78.2 cm³/mol. The molecule has 1 saturated carbocycles. The highest BCUT2D eigenvalue weighted by molar-refractivity contribution is 7.89. The van der Waals surface area contributed by atoms with Crippen LogP contribution in [0.3, 0.4) is 0 Å². The number of hydrogen-bond donors (Lipinski definition) is 1. The highest BCUT2D eigenvalue weighted by Gasteiger charge is 2.39. The molecule has 0 bridgehead atoms. The molecule has 106 valence electrons. The summed E-state index contributed by atoms with van der Waals surface area (Å²) >= 11 is 1.55. The molecule has 1 N–H and O–H groups in total. The second-order valence-electron chi connectivity index (χ2n) is 4.88. The van der Waals surface area contributed by atoms with E-state index < -0.39 is 10.0 Å². The molecule has 3 rings (SSSR count). The third-order valence-corrected chi connectivity index (χ3v) is 6.00. The zero-order chi connectivity index (χ0) is 14.2.